The molecule has 3 nitrogen and oxygen atoms in total. The standard InChI is InChI=1S/C16H15Cl2NO2/c1-21-16(20)12(11-6-3-2-4-7-11)10-19-15-13(17)8-5-9-14(15)18/h2-9,12,19H,10H2,1H3. The summed E-state index contributed by atoms with van der Waals surface area (Å²) in [5, 5.41) is 4.16. The first-order chi connectivity index (χ1) is 10.1. The zero-order valence-electron chi connectivity index (χ0n) is 11.5. The second kappa shape index (κ2) is 7.34. The van der Waals surface area contributed by atoms with E-state index in [0.717, 1.165) is 5.56 Å². The van der Waals surface area contributed by atoms with Crippen LogP contribution in [0, 0.1) is 0 Å². The molecule has 0 radical (unpaired) electrons. The predicted molar refractivity (Wildman–Crippen MR) is 86.2 cm³/mol. The molecule has 0 heterocycles. The number of hydrogen-bond acceptors (Lipinski definition) is 3. The van der Waals surface area contributed by atoms with E-state index in [2.05, 4.69) is 5.32 Å². The summed E-state index contributed by atoms with van der Waals surface area (Å²) >= 11 is 12.2. The first-order valence-corrected chi connectivity index (χ1v) is 7.19. The van der Waals surface area contributed by atoms with Gasteiger partial charge >= 0.3 is 5.97 Å². The van der Waals surface area contributed by atoms with Crippen molar-refractivity contribution >= 4 is 34.9 Å². The number of ether oxygens (including phenoxy) is 1. The minimum atomic E-state index is -0.427. The van der Waals surface area contributed by atoms with Gasteiger partial charge in [0, 0.05) is 6.54 Å². The number of carbonyl (C=O) groups excluding carboxylic acids is 1. The Bertz CT molecular complexity index is 597. The quantitative estimate of drug-likeness (QED) is 0.831. The average molecular weight is 324 g/mol. The van der Waals surface area contributed by atoms with E-state index < -0.39 is 5.92 Å². The molecular formula is C16H15Cl2NO2. The van der Waals surface area contributed by atoms with Crippen LogP contribution in [0.4, 0.5) is 5.69 Å². The van der Waals surface area contributed by atoms with Crippen molar-refractivity contribution in [2.75, 3.05) is 19.0 Å². The fraction of sp³-hybridized carbons (Fsp3) is 0.188. The molecule has 0 aliphatic rings. The molecule has 0 amide bonds. The number of esters is 1. The molecule has 1 atom stereocenters. The maximum Gasteiger partial charge on any atom is 0.314 e. The van der Waals surface area contributed by atoms with Crippen LogP contribution in [0.1, 0.15) is 11.5 Å². The zero-order chi connectivity index (χ0) is 15.2. The number of para-hydroxylation sites is 1. The predicted octanol–water partition coefficient (Wildman–Crippen LogP) is 4.36. The van der Waals surface area contributed by atoms with Crippen LogP contribution in [0.15, 0.2) is 48.5 Å². The summed E-state index contributed by atoms with van der Waals surface area (Å²) in [6.07, 6.45) is 0. The van der Waals surface area contributed by atoms with Gasteiger partial charge in [-0.3, -0.25) is 4.79 Å². The molecule has 0 fully saturated rings. The number of carbonyl (C=O) groups is 1. The third-order valence-corrected chi connectivity index (χ3v) is 3.76. The third kappa shape index (κ3) is 3.90. The third-order valence-electron chi connectivity index (χ3n) is 3.13. The lowest BCUT2D eigenvalue weighted by Crippen LogP contribution is -2.22. The van der Waals surface area contributed by atoms with Gasteiger partial charge in [0.05, 0.1) is 28.8 Å². The molecule has 1 N–H and O–H groups in total. The summed E-state index contributed by atoms with van der Waals surface area (Å²) in [4.78, 5) is 12.0. The van der Waals surface area contributed by atoms with Crippen LogP contribution in [0.5, 0.6) is 0 Å². The molecule has 2 aromatic carbocycles. The Morgan fingerprint density at radius 3 is 2.29 bits per heavy atom. The lowest BCUT2D eigenvalue weighted by molar-refractivity contribution is -0.142. The van der Waals surface area contributed by atoms with E-state index in [4.69, 9.17) is 27.9 Å². The number of hydrogen-bond donors (Lipinski definition) is 1. The molecule has 0 saturated carbocycles. The summed E-state index contributed by atoms with van der Waals surface area (Å²) in [5.41, 5.74) is 1.49. The molecule has 0 aliphatic heterocycles. The highest BCUT2D eigenvalue weighted by atomic mass is 35.5. The average Bonchev–Trinajstić information content (AvgIpc) is 2.50. The molecule has 0 aliphatic carbocycles. The van der Waals surface area contributed by atoms with Crippen molar-refractivity contribution in [3.05, 3.63) is 64.1 Å². The van der Waals surface area contributed by atoms with Crippen LogP contribution < -0.4 is 5.32 Å². The van der Waals surface area contributed by atoms with Crippen LogP contribution in [0.3, 0.4) is 0 Å². The molecular weight excluding hydrogens is 309 g/mol. The minimum Gasteiger partial charge on any atom is -0.468 e. The Hall–Kier alpha value is -1.71. The van der Waals surface area contributed by atoms with Crippen molar-refractivity contribution in [2.24, 2.45) is 0 Å². The number of nitrogens with one attached hydrogen (secondary N) is 1. The molecule has 21 heavy (non-hydrogen) atoms. The minimum absolute atomic E-state index is 0.308. The van der Waals surface area contributed by atoms with Gasteiger partial charge in [-0.05, 0) is 17.7 Å². The van der Waals surface area contributed by atoms with E-state index in [-0.39, 0.29) is 5.97 Å². The number of halogens is 2. The van der Waals surface area contributed by atoms with Crippen molar-refractivity contribution in [1.29, 1.82) is 0 Å². The normalized spacial score (nSPS) is 11.8. The highest BCUT2D eigenvalue weighted by Gasteiger charge is 2.21. The SMILES string of the molecule is COC(=O)C(CNc1c(Cl)cccc1Cl)c1ccccc1. The monoisotopic (exact) mass is 323 g/mol. The van der Waals surface area contributed by atoms with Gasteiger partial charge in [-0.25, -0.2) is 0 Å². The Labute approximate surface area is 133 Å². The highest BCUT2D eigenvalue weighted by Crippen LogP contribution is 2.30. The Kier molecular flexibility index (Phi) is 5.48. The lowest BCUT2D eigenvalue weighted by atomic mass is 9.99. The summed E-state index contributed by atoms with van der Waals surface area (Å²) in [7, 11) is 1.38. The molecule has 1 unspecified atom stereocenters. The van der Waals surface area contributed by atoms with Crippen LogP contribution in [0.2, 0.25) is 10.0 Å². The van der Waals surface area contributed by atoms with Crippen molar-refractivity contribution < 1.29 is 9.53 Å². The smallest absolute Gasteiger partial charge is 0.314 e. The second-order valence-corrected chi connectivity index (χ2v) is 5.28. The van der Waals surface area contributed by atoms with Gasteiger partial charge in [-0.2, -0.15) is 0 Å². The van der Waals surface area contributed by atoms with Crippen LogP contribution in [0.25, 0.3) is 0 Å². The van der Waals surface area contributed by atoms with Crippen molar-refractivity contribution in [3.8, 4) is 0 Å². The van der Waals surface area contributed by atoms with Gasteiger partial charge in [-0.1, -0.05) is 59.6 Å². The van der Waals surface area contributed by atoms with E-state index in [0.29, 0.717) is 22.3 Å². The molecule has 2 aromatic rings. The lowest BCUT2D eigenvalue weighted by Gasteiger charge is -2.17. The fourth-order valence-corrected chi connectivity index (χ4v) is 2.57. The fourth-order valence-electron chi connectivity index (χ4n) is 2.04. The first kappa shape index (κ1) is 15.7. The van der Waals surface area contributed by atoms with Crippen molar-refractivity contribution in [3.63, 3.8) is 0 Å². The highest BCUT2D eigenvalue weighted by molar-refractivity contribution is 6.39. The Balaban J connectivity index is 2.19. The van der Waals surface area contributed by atoms with E-state index in [1.165, 1.54) is 7.11 Å². The van der Waals surface area contributed by atoms with Crippen LogP contribution >= 0.6 is 23.2 Å². The van der Waals surface area contributed by atoms with Gasteiger partial charge < -0.3 is 10.1 Å². The molecule has 2 rings (SSSR count). The van der Waals surface area contributed by atoms with Gasteiger partial charge in [0.1, 0.15) is 0 Å². The van der Waals surface area contributed by atoms with Crippen LogP contribution in [-0.2, 0) is 9.53 Å². The summed E-state index contributed by atoms with van der Waals surface area (Å²) in [6.45, 7) is 0.347. The van der Waals surface area contributed by atoms with E-state index >= 15 is 0 Å². The molecule has 0 spiro atoms. The second-order valence-electron chi connectivity index (χ2n) is 4.46. The van der Waals surface area contributed by atoms with Gasteiger partial charge in [-0.15, -0.1) is 0 Å². The number of rotatable bonds is 5. The molecule has 0 aromatic heterocycles. The van der Waals surface area contributed by atoms with E-state index in [1.54, 1.807) is 18.2 Å². The van der Waals surface area contributed by atoms with Crippen molar-refractivity contribution in [1.82, 2.24) is 0 Å². The maximum atomic E-state index is 12.0. The summed E-state index contributed by atoms with van der Waals surface area (Å²) in [6, 6.07) is 14.7. The van der Waals surface area contributed by atoms with Crippen molar-refractivity contribution in [2.45, 2.75) is 5.92 Å². The largest absolute Gasteiger partial charge is 0.468 e. The van der Waals surface area contributed by atoms with E-state index in [9.17, 15) is 4.79 Å². The van der Waals surface area contributed by atoms with Gasteiger partial charge in [0.25, 0.3) is 0 Å². The zero-order valence-corrected chi connectivity index (χ0v) is 13.0. The first-order valence-electron chi connectivity index (χ1n) is 6.44. The molecule has 110 valence electrons. The molecule has 5 heteroatoms. The van der Waals surface area contributed by atoms with Gasteiger partial charge in [0.2, 0.25) is 0 Å². The maximum absolute atomic E-state index is 12.0. The Morgan fingerprint density at radius 1 is 1.10 bits per heavy atom. The number of benzene rings is 2. The van der Waals surface area contributed by atoms with E-state index in [1.807, 2.05) is 30.3 Å². The Morgan fingerprint density at radius 2 is 1.71 bits per heavy atom. The summed E-state index contributed by atoms with van der Waals surface area (Å²) in [5.74, 6) is -0.736. The van der Waals surface area contributed by atoms with Gasteiger partial charge in [0.15, 0.2) is 0 Å². The topological polar surface area (TPSA) is 38.3 Å². The number of anilines is 1. The molecule has 0 saturated heterocycles. The van der Waals surface area contributed by atoms with Crippen LogP contribution in [-0.4, -0.2) is 19.6 Å². The summed E-state index contributed by atoms with van der Waals surface area (Å²) < 4.78 is 4.87. The number of methoxy groups -OCH3 is 1. The molecule has 0 bridgehead atoms.